The van der Waals surface area contributed by atoms with Gasteiger partial charge in [0.25, 0.3) is 0 Å². The summed E-state index contributed by atoms with van der Waals surface area (Å²) in [6.45, 7) is -2.18. The topological polar surface area (TPSA) is 98.4 Å². The minimum Gasteiger partial charge on any atom is -0.390 e. The molecule has 9 rings (SSSR count). The number of halogens is 2. The molecule has 0 saturated heterocycles. The van der Waals surface area contributed by atoms with E-state index in [-0.39, 0.29) is 0 Å². The van der Waals surface area contributed by atoms with E-state index in [0.717, 1.165) is 49.6 Å². The zero-order valence-corrected chi connectivity index (χ0v) is 29.6. The van der Waals surface area contributed by atoms with E-state index in [4.69, 9.17) is 0 Å². The first-order chi connectivity index (χ1) is 27.0. The molecule has 55 heavy (non-hydrogen) atoms. The molecule has 0 amide bonds. The molecule has 2 aromatic carbocycles. The van der Waals surface area contributed by atoms with Gasteiger partial charge in [-0.3, -0.25) is 9.97 Å². The number of hydrogen-bond donors (Lipinski definition) is 0. The predicted molar refractivity (Wildman–Crippen MR) is 208 cm³/mol. The molecule has 0 aliphatic carbocycles. The second kappa shape index (κ2) is 14.4. The van der Waals surface area contributed by atoms with Crippen LogP contribution in [-0.4, -0.2) is 62.1 Å². The molecule has 7 aromatic rings. The largest absolute Gasteiger partial charge is 0.737 e. The Morgan fingerprint density at radius 2 is 1.31 bits per heavy atom. The van der Waals surface area contributed by atoms with Crippen LogP contribution in [0.2, 0.25) is 0 Å². The maximum atomic E-state index is 16.2. The van der Waals surface area contributed by atoms with Crippen LogP contribution < -0.4 is 4.90 Å². The summed E-state index contributed by atoms with van der Waals surface area (Å²) in [5.74, 6) is 0. The number of aromatic nitrogens is 9. The van der Waals surface area contributed by atoms with Gasteiger partial charge < -0.3 is 22.5 Å². The third kappa shape index (κ3) is 6.92. The van der Waals surface area contributed by atoms with Crippen molar-refractivity contribution in [3.8, 4) is 0 Å². The normalized spacial score (nSPS) is 14.3. The van der Waals surface area contributed by atoms with Gasteiger partial charge in [0.2, 0.25) is 0 Å². The average Bonchev–Trinajstić information content (AvgIpc) is 4.05. The van der Waals surface area contributed by atoms with Crippen molar-refractivity contribution in [2.45, 2.75) is 26.2 Å². The molecule has 0 saturated carbocycles. The number of allylic oxidation sites excluding steroid dienone is 2. The Labute approximate surface area is 315 Å². The first kappa shape index (κ1) is 33.7. The first-order valence-corrected chi connectivity index (χ1v) is 17.9. The van der Waals surface area contributed by atoms with Crippen LogP contribution in [0.25, 0.3) is 17.7 Å². The summed E-state index contributed by atoms with van der Waals surface area (Å²) in [6, 6.07) is 32.8. The number of rotatable bonds is 12. The van der Waals surface area contributed by atoms with Crippen molar-refractivity contribution in [3.05, 3.63) is 191 Å². The molecular formula is C41H34BF2N11. The van der Waals surface area contributed by atoms with Crippen molar-refractivity contribution in [2.75, 3.05) is 4.90 Å². The molecule has 0 bridgehead atoms. The Hall–Kier alpha value is -7.09. The highest BCUT2D eigenvalue weighted by Crippen LogP contribution is 2.40. The van der Waals surface area contributed by atoms with Gasteiger partial charge in [0.1, 0.15) is 17.6 Å². The van der Waals surface area contributed by atoms with E-state index in [1.807, 2.05) is 109 Å². The SMILES string of the molecule is F[B-]1(F)n2c(/C=C/c3ccc(N(Cc4cn(Cc5ccccn5)nn4)Cc4cn(Cc5ccccn5)nn4)cc3)ccc2C(c2ccccc2)=C2C=CC=[N+]21. The van der Waals surface area contributed by atoms with Gasteiger partial charge in [0.05, 0.1) is 55.5 Å². The molecule has 0 N–H and O–H groups in total. The molecule has 0 radical (unpaired) electrons. The van der Waals surface area contributed by atoms with Crippen LogP contribution in [0, 0.1) is 0 Å². The van der Waals surface area contributed by atoms with Crippen LogP contribution in [0.15, 0.2) is 146 Å². The highest BCUT2D eigenvalue weighted by Gasteiger charge is 2.52. The number of hydrogen-bond acceptors (Lipinski definition) is 7. The minimum absolute atomic E-state index is 0.418. The standard InChI is InChI=1S/C41H34BF2N11/c43-42(44)54-24-8-13-39(54)41(32-9-2-1-3-10-32)40-21-20-38(55(40)42)19-16-31-14-17-37(18-15-31)51(25-35-29-52(49-47-35)27-33-11-4-6-22-45-33)26-36-30-53(50-48-36)28-34-12-5-7-23-46-34/h1-24,29-30H,25-28H2/b19-16+. The quantitative estimate of drug-likeness (QED) is 0.131. The molecular weight excluding hydrogens is 695 g/mol. The summed E-state index contributed by atoms with van der Waals surface area (Å²) in [6.07, 6.45) is 15.9. The smallest absolute Gasteiger partial charge is 0.390 e. The number of fused-ring (bicyclic) bond motifs is 2. The van der Waals surface area contributed by atoms with Gasteiger partial charge in [-0.2, -0.15) is 0 Å². The maximum Gasteiger partial charge on any atom is 0.737 e. The van der Waals surface area contributed by atoms with Gasteiger partial charge >= 0.3 is 6.97 Å². The van der Waals surface area contributed by atoms with E-state index in [2.05, 4.69) is 35.5 Å². The van der Waals surface area contributed by atoms with Crippen LogP contribution in [0.1, 0.15) is 45.3 Å². The monoisotopic (exact) mass is 729 g/mol. The average molecular weight is 730 g/mol. The minimum atomic E-state index is -4.11. The predicted octanol–water partition coefficient (Wildman–Crippen LogP) is 6.58. The molecule has 0 unspecified atom stereocenters. The van der Waals surface area contributed by atoms with Gasteiger partial charge in [0.15, 0.2) is 5.70 Å². The second-order valence-electron chi connectivity index (χ2n) is 13.4. The molecule has 270 valence electrons. The lowest BCUT2D eigenvalue weighted by Crippen LogP contribution is -2.50. The van der Waals surface area contributed by atoms with Crippen LogP contribution in [-0.2, 0) is 26.2 Å². The molecule has 0 spiro atoms. The van der Waals surface area contributed by atoms with Crippen molar-refractivity contribution in [2.24, 2.45) is 0 Å². The fraction of sp³-hybridized carbons (Fsp3) is 0.0976. The molecule has 2 aliphatic rings. The summed E-state index contributed by atoms with van der Waals surface area (Å²) < 4.78 is 38.1. The van der Waals surface area contributed by atoms with E-state index in [9.17, 15) is 0 Å². The van der Waals surface area contributed by atoms with Gasteiger partial charge in [-0.15, -0.1) is 10.2 Å². The fourth-order valence-electron chi connectivity index (χ4n) is 7.08. The van der Waals surface area contributed by atoms with Crippen molar-refractivity contribution in [1.29, 1.82) is 0 Å². The third-order valence-corrected chi connectivity index (χ3v) is 9.63. The van der Waals surface area contributed by atoms with Crippen molar-refractivity contribution < 1.29 is 13.1 Å². The Kier molecular flexibility index (Phi) is 8.82. The number of nitrogens with zero attached hydrogens (tertiary/aromatic N) is 11. The van der Waals surface area contributed by atoms with E-state index in [1.165, 1.54) is 10.7 Å². The highest BCUT2D eigenvalue weighted by molar-refractivity contribution is 6.58. The van der Waals surface area contributed by atoms with Crippen LogP contribution in [0.3, 0.4) is 0 Å². The number of pyridine rings is 2. The Morgan fingerprint density at radius 3 is 1.93 bits per heavy atom. The second-order valence-corrected chi connectivity index (χ2v) is 13.4. The van der Waals surface area contributed by atoms with E-state index < -0.39 is 6.97 Å². The Morgan fingerprint density at radius 1 is 0.673 bits per heavy atom. The summed E-state index contributed by atoms with van der Waals surface area (Å²) >= 11 is 0. The van der Waals surface area contributed by atoms with Gasteiger partial charge in [0, 0.05) is 41.6 Å². The summed E-state index contributed by atoms with van der Waals surface area (Å²) in [5.41, 5.74) is 8.18. The van der Waals surface area contributed by atoms with E-state index >= 15 is 8.63 Å². The third-order valence-electron chi connectivity index (χ3n) is 9.63. The van der Waals surface area contributed by atoms with Gasteiger partial charge in [-0.25, -0.2) is 9.36 Å². The van der Waals surface area contributed by atoms with E-state index in [1.54, 1.807) is 52.1 Å². The highest BCUT2D eigenvalue weighted by atomic mass is 19.2. The lowest BCUT2D eigenvalue weighted by atomic mass is 9.86. The Bertz CT molecular complexity index is 2490. The zero-order valence-electron chi connectivity index (χ0n) is 29.6. The molecule has 11 nitrogen and oxygen atoms in total. The van der Waals surface area contributed by atoms with Crippen molar-refractivity contribution >= 4 is 36.6 Å². The fourth-order valence-corrected chi connectivity index (χ4v) is 7.08. The van der Waals surface area contributed by atoms with Crippen LogP contribution >= 0.6 is 0 Å². The van der Waals surface area contributed by atoms with E-state index in [0.29, 0.717) is 43.3 Å². The Balaban J connectivity index is 0.976. The van der Waals surface area contributed by atoms with Crippen molar-refractivity contribution in [1.82, 2.24) is 44.4 Å². The number of benzene rings is 2. The lowest BCUT2D eigenvalue weighted by Gasteiger charge is -2.32. The van der Waals surface area contributed by atoms with Crippen LogP contribution in [0.4, 0.5) is 14.3 Å². The summed E-state index contributed by atoms with van der Waals surface area (Å²) in [7, 11) is 0. The van der Waals surface area contributed by atoms with Gasteiger partial charge in [-0.05, 0) is 65.7 Å². The number of anilines is 1. The molecule has 5 aromatic heterocycles. The first-order valence-electron chi connectivity index (χ1n) is 17.9. The van der Waals surface area contributed by atoms with Crippen molar-refractivity contribution in [3.63, 3.8) is 0 Å². The molecule has 0 atom stereocenters. The summed E-state index contributed by atoms with van der Waals surface area (Å²) in [5, 5.41) is 17.6. The zero-order chi connectivity index (χ0) is 37.2. The molecule has 14 heteroatoms. The lowest BCUT2D eigenvalue weighted by molar-refractivity contribution is -0.356. The molecule has 0 fully saturated rings. The molecule has 2 aliphatic heterocycles. The maximum absolute atomic E-state index is 16.2. The molecule has 7 heterocycles. The van der Waals surface area contributed by atoms with Crippen LogP contribution in [0.5, 0.6) is 0 Å². The van der Waals surface area contributed by atoms with Gasteiger partial charge in [-0.1, -0.05) is 71.1 Å². The summed E-state index contributed by atoms with van der Waals surface area (Å²) in [4.78, 5) is 11.0.